The number of hydrogen-bond acceptors (Lipinski definition) is 2. The van der Waals surface area contributed by atoms with Crippen LogP contribution in [0, 0.1) is 23.2 Å². The van der Waals surface area contributed by atoms with E-state index in [9.17, 15) is 4.79 Å². The summed E-state index contributed by atoms with van der Waals surface area (Å²) in [7, 11) is 0. The first kappa shape index (κ1) is 15.7. The van der Waals surface area contributed by atoms with Crippen molar-refractivity contribution in [3.05, 3.63) is 12.2 Å². The summed E-state index contributed by atoms with van der Waals surface area (Å²) in [6.45, 7) is 10.3. The second-order valence-electron chi connectivity index (χ2n) is 8.92. The molecule has 4 aliphatic rings. The average molecular weight is 318 g/mol. The molecule has 1 N–H and O–H groups in total. The number of fused-ring (bicyclic) bond motifs is 2. The average Bonchev–Trinajstić information content (AvgIpc) is 2.81. The minimum Gasteiger partial charge on any atom is -0.462 e. The molecule has 2 aliphatic carbocycles. The second kappa shape index (κ2) is 5.91. The zero-order valence-corrected chi connectivity index (χ0v) is 14.6. The number of quaternary nitrogens is 1. The third kappa shape index (κ3) is 2.75. The van der Waals surface area contributed by atoms with Crippen molar-refractivity contribution in [1.82, 2.24) is 0 Å². The molecule has 0 aromatic rings. The van der Waals surface area contributed by atoms with Gasteiger partial charge in [0.05, 0.1) is 19.6 Å². The van der Waals surface area contributed by atoms with Gasteiger partial charge in [0.15, 0.2) is 0 Å². The third-order valence-electron chi connectivity index (χ3n) is 7.39. The Morgan fingerprint density at radius 2 is 2.04 bits per heavy atom. The molecule has 2 saturated heterocycles. The second-order valence-corrected chi connectivity index (χ2v) is 8.92. The first-order valence-corrected chi connectivity index (χ1v) is 9.78. The lowest BCUT2D eigenvalue weighted by Gasteiger charge is -2.50. The molecular formula is C20H32NO2+. The van der Waals surface area contributed by atoms with Gasteiger partial charge in [0, 0.05) is 5.92 Å². The van der Waals surface area contributed by atoms with E-state index in [-0.39, 0.29) is 18.0 Å². The van der Waals surface area contributed by atoms with Crippen molar-refractivity contribution in [2.75, 3.05) is 19.6 Å². The topological polar surface area (TPSA) is 30.7 Å². The SMILES string of the molecule is C=C1CCC[C@@]2(C)C[C@@H]3OC(=O)[C@H](C[NH+]4CCCCC4)[C@@H]3C[C@H]12. The van der Waals surface area contributed by atoms with Gasteiger partial charge in [-0.15, -0.1) is 0 Å². The Morgan fingerprint density at radius 3 is 2.83 bits per heavy atom. The minimum absolute atomic E-state index is 0.103. The quantitative estimate of drug-likeness (QED) is 0.626. The maximum absolute atomic E-state index is 12.5. The van der Waals surface area contributed by atoms with Crippen molar-refractivity contribution < 1.29 is 14.4 Å². The molecular weight excluding hydrogens is 286 g/mol. The fourth-order valence-electron chi connectivity index (χ4n) is 6.06. The van der Waals surface area contributed by atoms with Crippen LogP contribution in [0.5, 0.6) is 0 Å². The molecule has 128 valence electrons. The molecule has 3 nitrogen and oxygen atoms in total. The molecule has 0 amide bonds. The minimum atomic E-state index is 0.103. The monoisotopic (exact) mass is 318 g/mol. The number of carbonyl (C=O) groups is 1. The predicted octanol–water partition coefficient (Wildman–Crippen LogP) is 2.37. The number of ether oxygens (including phenoxy) is 1. The Labute approximate surface area is 140 Å². The van der Waals surface area contributed by atoms with Gasteiger partial charge >= 0.3 is 5.97 Å². The standard InChI is InChI=1S/C20H31NO2/c1-14-7-6-8-20(2)12-18-15(11-17(14)20)16(19(22)23-18)13-21-9-4-3-5-10-21/h15-18H,1,3-13H2,2H3/p+1/t15-,16+,17+,18-,20-/m0/s1. The summed E-state index contributed by atoms with van der Waals surface area (Å²) in [6, 6.07) is 0. The molecule has 0 radical (unpaired) electrons. The van der Waals surface area contributed by atoms with E-state index in [1.807, 2.05) is 0 Å². The Balaban J connectivity index is 1.50. The van der Waals surface area contributed by atoms with Crippen molar-refractivity contribution in [2.45, 2.75) is 64.4 Å². The van der Waals surface area contributed by atoms with E-state index in [0.717, 1.165) is 19.4 Å². The van der Waals surface area contributed by atoms with Gasteiger partial charge in [-0.1, -0.05) is 19.1 Å². The number of nitrogens with one attached hydrogen (secondary N) is 1. The molecule has 0 spiro atoms. The molecule has 0 bridgehead atoms. The van der Waals surface area contributed by atoms with E-state index < -0.39 is 0 Å². The van der Waals surface area contributed by atoms with Gasteiger partial charge in [-0.3, -0.25) is 4.79 Å². The summed E-state index contributed by atoms with van der Waals surface area (Å²) in [5, 5.41) is 0. The van der Waals surface area contributed by atoms with Gasteiger partial charge < -0.3 is 9.64 Å². The number of allylic oxidation sites excluding steroid dienone is 1. The van der Waals surface area contributed by atoms with Crippen LogP contribution >= 0.6 is 0 Å². The third-order valence-corrected chi connectivity index (χ3v) is 7.39. The molecule has 23 heavy (non-hydrogen) atoms. The molecule has 5 atom stereocenters. The first-order valence-electron chi connectivity index (χ1n) is 9.78. The zero-order valence-electron chi connectivity index (χ0n) is 14.6. The molecule has 4 rings (SSSR count). The van der Waals surface area contributed by atoms with E-state index in [0.29, 0.717) is 17.3 Å². The maximum atomic E-state index is 12.5. The summed E-state index contributed by atoms with van der Waals surface area (Å²) in [4.78, 5) is 14.2. The molecule has 0 aromatic carbocycles. The maximum Gasteiger partial charge on any atom is 0.315 e. The summed E-state index contributed by atoms with van der Waals surface area (Å²) >= 11 is 0. The van der Waals surface area contributed by atoms with Crippen molar-refractivity contribution in [2.24, 2.45) is 23.2 Å². The Bertz CT molecular complexity index is 496. The molecule has 2 aliphatic heterocycles. The highest BCUT2D eigenvalue weighted by molar-refractivity contribution is 5.75. The van der Waals surface area contributed by atoms with Gasteiger partial charge in [0.1, 0.15) is 12.0 Å². The lowest BCUT2D eigenvalue weighted by atomic mass is 9.55. The van der Waals surface area contributed by atoms with E-state index in [1.54, 1.807) is 4.90 Å². The first-order chi connectivity index (χ1) is 11.1. The van der Waals surface area contributed by atoms with Crippen molar-refractivity contribution in [3.63, 3.8) is 0 Å². The van der Waals surface area contributed by atoms with E-state index in [4.69, 9.17) is 4.74 Å². The van der Waals surface area contributed by atoms with Gasteiger partial charge in [-0.05, 0) is 62.7 Å². The van der Waals surface area contributed by atoms with Crippen LogP contribution < -0.4 is 4.90 Å². The summed E-state index contributed by atoms with van der Waals surface area (Å²) < 4.78 is 5.89. The molecule has 0 aromatic heterocycles. The van der Waals surface area contributed by atoms with Crippen molar-refractivity contribution in [1.29, 1.82) is 0 Å². The van der Waals surface area contributed by atoms with Crippen LogP contribution in [-0.4, -0.2) is 31.7 Å². The van der Waals surface area contributed by atoms with E-state index >= 15 is 0 Å². The highest BCUT2D eigenvalue weighted by Gasteiger charge is 2.55. The summed E-state index contributed by atoms with van der Waals surface area (Å²) in [5.74, 6) is 1.31. The van der Waals surface area contributed by atoms with Crippen molar-refractivity contribution >= 4 is 5.97 Å². The number of hydrogen-bond donors (Lipinski definition) is 1. The summed E-state index contributed by atoms with van der Waals surface area (Å²) in [5.41, 5.74) is 1.77. The van der Waals surface area contributed by atoms with Crippen LogP contribution in [0.2, 0.25) is 0 Å². The normalized spacial score (nSPS) is 44.6. The number of likely N-dealkylation sites (tertiary alicyclic amines) is 1. The van der Waals surface area contributed by atoms with Gasteiger partial charge in [0.2, 0.25) is 0 Å². The van der Waals surface area contributed by atoms with Crippen molar-refractivity contribution in [3.8, 4) is 0 Å². The highest BCUT2D eigenvalue weighted by Crippen LogP contribution is 2.56. The lowest BCUT2D eigenvalue weighted by molar-refractivity contribution is -0.907. The fourth-order valence-corrected chi connectivity index (χ4v) is 6.06. The van der Waals surface area contributed by atoms with Gasteiger partial charge in [0.25, 0.3) is 0 Å². The predicted molar refractivity (Wildman–Crippen MR) is 90.1 cm³/mol. The molecule has 4 fully saturated rings. The number of carbonyl (C=O) groups excluding carboxylic acids is 1. The molecule has 2 heterocycles. The number of piperidine rings is 1. The Kier molecular flexibility index (Phi) is 4.03. The number of esters is 1. The fraction of sp³-hybridized carbons (Fsp3) is 0.850. The molecule has 2 saturated carbocycles. The van der Waals surface area contributed by atoms with E-state index in [1.165, 1.54) is 57.2 Å². The lowest BCUT2D eigenvalue weighted by Crippen LogP contribution is -3.13. The van der Waals surface area contributed by atoms with Gasteiger partial charge in [-0.25, -0.2) is 0 Å². The largest absolute Gasteiger partial charge is 0.462 e. The smallest absolute Gasteiger partial charge is 0.315 e. The van der Waals surface area contributed by atoms with Crippen LogP contribution in [0.4, 0.5) is 0 Å². The zero-order chi connectivity index (χ0) is 16.0. The summed E-state index contributed by atoms with van der Waals surface area (Å²) in [6.07, 6.45) is 10.1. The van der Waals surface area contributed by atoms with Crippen LogP contribution in [0.1, 0.15) is 58.3 Å². The molecule has 0 unspecified atom stereocenters. The van der Waals surface area contributed by atoms with Crippen LogP contribution in [0.25, 0.3) is 0 Å². The molecule has 3 heteroatoms. The van der Waals surface area contributed by atoms with Crippen LogP contribution in [-0.2, 0) is 9.53 Å². The Hall–Kier alpha value is -0.830. The Morgan fingerprint density at radius 1 is 1.26 bits per heavy atom. The van der Waals surface area contributed by atoms with Crippen LogP contribution in [0.3, 0.4) is 0 Å². The highest BCUT2D eigenvalue weighted by atomic mass is 16.6. The van der Waals surface area contributed by atoms with Crippen LogP contribution in [0.15, 0.2) is 12.2 Å². The van der Waals surface area contributed by atoms with Gasteiger partial charge in [-0.2, -0.15) is 0 Å². The van der Waals surface area contributed by atoms with E-state index in [2.05, 4.69) is 13.5 Å². The number of rotatable bonds is 2.